The second-order valence-electron chi connectivity index (χ2n) is 7.12. The SMILES string of the molecule is CCCN1CCC(C(C)NCC2CCN(C)CC2)CC1. The minimum absolute atomic E-state index is 0.707. The van der Waals surface area contributed by atoms with Crippen LogP contribution >= 0.6 is 0 Å². The molecule has 0 amide bonds. The zero-order valence-corrected chi connectivity index (χ0v) is 13.9. The summed E-state index contributed by atoms with van der Waals surface area (Å²) in [6.45, 7) is 12.4. The summed E-state index contributed by atoms with van der Waals surface area (Å²) in [5.41, 5.74) is 0. The maximum absolute atomic E-state index is 3.85. The monoisotopic (exact) mass is 281 g/mol. The smallest absolute Gasteiger partial charge is 0.00680 e. The van der Waals surface area contributed by atoms with Crippen molar-refractivity contribution in [3.05, 3.63) is 0 Å². The first kappa shape index (κ1) is 16.3. The van der Waals surface area contributed by atoms with E-state index in [1.54, 1.807) is 0 Å². The predicted molar refractivity (Wildman–Crippen MR) is 87.1 cm³/mol. The van der Waals surface area contributed by atoms with Crippen LogP contribution in [-0.2, 0) is 0 Å². The van der Waals surface area contributed by atoms with Crippen molar-refractivity contribution in [2.24, 2.45) is 11.8 Å². The van der Waals surface area contributed by atoms with E-state index in [-0.39, 0.29) is 0 Å². The molecule has 1 unspecified atom stereocenters. The third-order valence-electron chi connectivity index (χ3n) is 5.45. The minimum atomic E-state index is 0.707. The lowest BCUT2D eigenvalue weighted by Crippen LogP contribution is -2.44. The first-order valence-corrected chi connectivity index (χ1v) is 8.83. The Hall–Kier alpha value is -0.120. The first-order chi connectivity index (χ1) is 9.69. The Bertz CT molecular complexity index is 253. The van der Waals surface area contributed by atoms with Crippen molar-refractivity contribution in [2.75, 3.05) is 46.3 Å². The zero-order chi connectivity index (χ0) is 14.4. The highest BCUT2D eigenvalue weighted by Crippen LogP contribution is 2.22. The Labute approximate surface area is 126 Å². The van der Waals surface area contributed by atoms with Crippen molar-refractivity contribution < 1.29 is 0 Å². The quantitative estimate of drug-likeness (QED) is 0.807. The van der Waals surface area contributed by atoms with Crippen LogP contribution in [0, 0.1) is 11.8 Å². The lowest BCUT2D eigenvalue weighted by molar-refractivity contribution is 0.156. The van der Waals surface area contributed by atoms with E-state index in [9.17, 15) is 0 Å². The molecule has 0 aliphatic carbocycles. The topological polar surface area (TPSA) is 18.5 Å². The van der Waals surface area contributed by atoms with Gasteiger partial charge in [0.1, 0.15) is 0 Å². The average molecular weight is 281 g/mol. The molecule has 0 radical (unpaired) electrons. The second-order valence-corrected chi connectivity index (χ2v) is 7.12. The molecule has 2 saturated heterocycles. The van der Waals surface area contributed by atoms with Gasteiger partial charge in [0.05, 0.1) is 0 Å². The van der Waals surface area contributed by atoms with Gasteiger partial charge in [0.15, 0.2) is 0 Å². The first-order valence-electron chi connectivity index (χ1n) is 8.83. The van der Waals surface area contributed by atoms with Crippen LogP contribution < -0.4 is 5.32 Å². The molecule has 0 bridgehead atoms. The number of likely N-dealkylation sites (tertiary alicyclic amines) is 2. The fourth-order valence-corrected chi connectivity index (χ4v) is 3.78. The fourth-order valence-electron chi connectivity index (χ4n) is 3.78. The second kappa shape index (κ2) is 8.35. The molecule has 2 aliphatic heterocycles. The van der Waals surface area contributed by atoms with Gasteiger partial charge in [-0.1, -0.05) is 6.92 Å². The molecule has 118 valence electrons. The Morgan fingerprint density at radius 1 is 1.05 bits per heavy atom. The molecule has 0 aromatic heterocycles. The Balaban J connectivity index is 1.61. The van der Waals surface area contributed by atoms with Gasteiger partial charge in [0, 0.05) is 6.04 Å². The molecule has 2 rings (SSSR count). The number of rotatable bonds is 6. The van der Waals surface area contributed by atoms with Crippen molar-refractivity contribution in [2.45, 2.75) is 52.0 Å². The molecule has 0 aromatic carbocycles. The van der Waals surface area contributed by atoms with E-state index in [0.29, 0.717) is 6.04 Å². The van der Waals surface area contributed by atoms with Crippen LogP contribution in [0.2, 0.25) is 0 Å². The fraction of sp³-hybridized carbons (Fsp3) is 1.00. The van der Waals surface area contributed by atoms with Gasteiger partial charge in [0.2, 0.25) is 0 Å². The van der Waals surface area contributed by atoms with Crippen molar-refractivity contribution in [3.63, 3.8) is 0 Å². The van der Waals surface area contributed by atoms with Crippen LogP contribution in [0.15, 0.2) is 0 Å². The molecular weight excluding hydrogens is 246 g/mol. The lowest BCUT2D eigenvalue weighted by atomic mass is 9.89. The van der Waals surface area contributed by atoms with E-state index >= 15 is 0 Å². The van der Waals surface area contributed by atoms with Gasteiger partial charge < -0.3 is 15.1 Å². The Kier molecular flexibility index (Phi) is 6.79. The molecule has 2 fully saturated rings. The number of hydrogen-bond donors (Lipinski definition) is 1. The maximum Gasteiger partial charge on any atom is 0.00680 e. The summed E-state index contributed by atoms with van der Waals surface area (Å²) < 4.78 is 0. The summed E-state index contributed by atoms with van der Waals surface area (Å²) in [6.07, 6.45) is 6.84. The number of nitrogens with zero attached hydrogens (tertiary/aromatic N) is 2. The van der Waals surface area contributed by atoms with Crippen LogP contribution in [0.25, 0.3) is 0 Å². The lowest BCUT2D eigenvalue weighted by Gasteiger charge is -2.36. The van der Waals surface area contributed by atoms with E-state index in [4.69, 9.17) is 0 Å². The van der Waals surface area contributed by atoms with Gasteiger partial charge in [-0.3, -0.25) is 0 Å². The van der Waals surface area contributed by atoms with Crippen LogP contribution in [0.3, 0.4) is 0 Å². The molecule has 3 heteroatoms. The highest BCUT2D eigenvalue weighted by atomic mass is 15.1. The molecule has 3 nitrogen and oxygen atoms in total. The Morgan fingerprint density at radius 3 is 2.30 bits per heavy atom. The summed E-state index contributed by atoms with van der Waals surface area (Å²) in [5.74, 6) is 1.81. The summed E-state index contributed by atoms with van der Waals surface area (Å²) in [5, 5.41) is 3.85. The minimum Gasteiger partial charge on any atom is -0.314 e. The molecule has 20 heavy (non-hydrogen) atoms. The van der Waals surface area contributed by atoms with E-state index in [1.807, 2.05) is 0 Å². The standard InChI is InChI=1S/C17H35N3/c1-4-9-20-12-7-17(8-13-20)15(2)18-14-16-5-10-19(3)11-6-16/h15-18H,4-14H2,1-3H3. The van der Waals surface area contributed by atoms with Crippen LogP contribution in [0.1, 0.15) is 46.0 Å². The molecule has 0 spiro atoms. The average Bonchev–Trinajstić information content (AvgIpc) is 2.47. The van der Waals surface area contributed by atoms with Gasteiger partial charge >= 0.3 is 0 Å². The van der Waals surface area contributed by atoms with Crippen molar-refractivity contribution in [3.8, 4) is 0 Å². The van der Waals surface area contributed by atoms with E-state index < -0.39 is 0 Å². The molecule has 2 heterocycles. The van der Waals surface area contributed by atoms with Gasteiger partial charge in [-0.05, 0) is 97.2 Å². The van der Waals surface area contributed by atoms with Gasteiger partial charge in [0.25, 0.3) is 0 Å². The molecule has 0 saturated carbocycles. The van der Waals surface area contributed by atoms with Crippen LogP contribution in [0.4, 0.5) is 0 Å². The molecule has 1 N–H and O–H groups in total. The summed E-state index contributed by atoms with van der Waals surface area (Å²) in [7, 11) is 2.25. The van der Waals surface area contributed by atoms with Crippen molar-refractivity contribution >= 4 is 0 Å². The summed E-state index contributed by atoms with van der Waals surface area (Å²) in [4.78, 5) is 5.10. The zero-order valence-electron chi connectivity index (χ0n) is 13.9. The highest BCUT2D eigenvalue weighted by Gasteiger charge is 2.24. The molecule has 2 aliphatic rings. The molecular formula is C17H35N3. The maximum atomic E-state index is 3.85. The highest BCUT2D eigenvalue weighted by molar-refractivity contribution is 4.81. The van der Waals surface area contributed by atoms with Crippen molar-refractivity contribution in [1.82, 2.24) is 15.1 Å². The molecule has 0 aromatic rings. The van der Waals surface area contributed by atoms with Crippen LogP contribution in [-0.4, -0.2) is 62.2 Å². The third-order valence-corrected chi connectivity index (χ3v) is 5.45. The van der Waals surface area contributed by atoms with Gasteiger partial charge in [-0.15, -0.1) is 0 Å². The third kappa shape index (κ3) is 5.01. The number of nitrogens with one attached hydrogen (secondary N) is 1. The number of piperidine rings is 2. The largest absolute Gasteiger partial charge is 0.314 e. The van der Waals surface area contributed by atoms with Gasteiger partial charge in [-0.2, -0.15) is 0 Å². The predicted octanol–water partition coefficient (Wildman–Crippen LogP) is 2.43. The Morgan fingerprint density at radius 2 is 1.70 bits per heavy atom. The van der Waals surface area contributed by atoms with Crippen molar-refractivity contribution in [1.29, 1.82) is 0 Å². The van der Waals surface area contributed by atoms with Gasteiger partial charge in [-0.25, -0.2) is 0 Å². The van der Waals surface area contributed by atoms with E-state index in [1.165, 1.54) is 71.4 Å². The summed E-state index contributed by atoms with van der Waals surface area (Å²) in [6, 6.07) is 0.707. The van der Waals surface area contributed by atoms with E-state index in [0.717, 1.165) is 11.8 Å². The van der Waals surface area contributed by atoms with E-state index in [2.05, 4.69) is 36.0 Å². The summed E-state index contributed by atoms with van der Waals surface area (Å²) >= 11 is 0. The number of hydrogen-bond acceptors (Lipinski definition) is 3. The van der Waals surface area contributed by atoms with Crippen LogP contribution in [0.5, 0.6) is 0 Å². The normalized spacial score (nSPS) is 25.9. The molecule has 1 atom stereocenters.